The van der Waals surface area contributed by atoms with E-state index in [2.05, 4.69) is 57.4 Å². The first kappa shape index (κ1) is 14.0. The predicted molar refractivity (Wildman–Crippen MR) is 85.1 cm³/mol. The lowest BCUT2D eigenvalue weighted by Crippen LogP contribution is -2.36. The smallest absolute Gasteiger partial charge is 0.129 e. The van der Waals surface area contributed by atoms with E-state index in [4.69, 9.17) is 0 Å². The van der Waals surface area contributed by atoms with E-state index in [1.807, 2.05) is 19.2 Å². The summed E-state index contributed by atoms with van der Waals surface area (Å²) in [5.74, 6) is 1.74. The molecule has 110 valence electrons. The number of hydrogen-bond acceptors (Lipinski definition) is 4. The number of aryl methyl sites for hydroxylation is 1. The minimum absolute atomic E-state index is 0.447. The topological polar surface area (TPSA) is 41.1 Å². The molecule has 21 heavy (non-hydrogen) atoms. The van der Waals surface area contributed by atoms with Crippen LogP contribution in [0.1, 0.15) is 24.7 Å². The van der Waals surface area contributed by atoms with Crippen LogP contribution in [0.15, 0.2) is 42.6 Å². The molecule has 2 aromatic rings. The van der Waals surface area contributed by atoms with E-state index in [1.54, 1.807) is 0 Å². The van der Waals surface area contributed by atoms with Crippen molar-refractivity contribution in [3.05, 3.63) is 54.0 Å². The highest BCUT2D eigenvalue weighted by molar-refractivity contribution is 5.35. The molecule has 1 aliphatic rings. The van der Waals surface area contributed by atoms with Gasteiger partial charge in [0.15, 0.2) is 0 Å². The summed E-state index contributed by atoms with van der Waals surface area (Å²) in [6, 6.07) is 13.6. The molecule has 4 heteroatoms. The number of hydrogen-bond donors (Lipinski definition) is 1. The van der Waals surface area contributed by atoms with Gasteiger partial charge in [-0.05, 0) is 31.9 Å². The van der Waals surface area contributed by atoms with E-state index in [1.165, 1.54) is 5.56 Å². The highest BCUT2D eigenvalue weighted by Gasteiger charge is 2.30. The van der Waals surface area contributed by atoms with Gasteiger partial charge in [0, 0.05) is 31.4 Å². The maximum atomic E-state index is 4.44. The van der Waals surface area contributed by atoms with Gasteiger partial charge < -0.3 is 5.32 Å². The van der Waals surface area contributed by atoms with Crippen LogP contribution in [0.4, 0.5) is 5.82 Å². The summed E-state index contributed by atoms with van der Waals surface area (Å²) in [5.41, 5.74) is 1.38. The molecule has 1 aromatic carbocycles. The Morgan fingerprint density at radius 3 is 2.81 bits per heavy atom. The summed E-state index contributed by atoms with van der Waals surface area (Å²) < 4.78 is 0. The van der Waals surface area contributed by atoms with Crippen molar-refractivity contribution in [3.8, 4) is 0 Å². The first-order valence-corrected chi connectivity index (χ1v) is 7.56. The highest BCUT2D eigenvalue weighted by Crippen LogP contribution is 2.23. The first-order valence-electron chi connectivity index (χ1n) is 7.56. The van der Waals surface area contributed by atoms with Crippen molar-refractivity contribution in [2.24, 2.45) is 0 Å². The Morgan fingerprint density at radius 1 is 1.24 bits per heavy atom. The lowest BCUT2D eigenvalue weighted by atomic mass is 10.1. The Morgan fingerprint density at radius 2 is 2.05 bits per heavy atom. The normalized spacial score (nSPS) is 22.4. The number of likely N-dealkylation sites (tertiary alicyclic amines) is 1. The molecule has 1 saturated heterocycles. The molecule has 0 radical (unpaired) electrons. The van der Waals surface area contributed by atoms with E-state index < -0.39 is 0 Å². The van der Waals surface area contributed by atoms with Gasteiger partial charge >= 0.3 is 0 Å². The van der Waals surface area contributed by atoms with Crippen LogP contribution in [0.2, 0.25) is 0 Å². The summed E-state index contributed by atoms with van der Waals surface area (Å²) in [6.07, 6.45) is 2.96. The predicted octanol–water partition coefficient (Wildman–Crippen LogP) is 2.86. The summed E-state index contributed by atoms with van der Waals surface area (Å²) in [7, 11) is 0. The van der Waals surface area contributed by atoms with Gasteiger partial charge in [-0.1, -0.05) is 30.3 Å². The molecule has 3 rings (SSSR count). The number of benzene rings is 1. The number of rotatable bonds is 4. The van der Waals surface area contributed by atoms with E-state index in [0.29, 0.717) is 12.1 Å². The molecule has 2 atom stereocenters. The Kier molecular flexibility index (Phi) is 4.15. The monoisotopic (exact) mass is 282 g/mol. The van der Waals surface area contributed by atoms with Crippen LogP contribution in [0.5, 0.6) is 0 Å². The molecule has 0 spiro atoms. The SMILES string of the molecule is Cc1nccc(NC2CCN(Cc3ccccc3)C2C)n1. The lowest BCUT2D eigenvalue weighted by molar-refractivity contribution is 0.255. The van der Waals surface area contributed by atoms with Gasteiger partial charge in [-0.2, -0.15) is 0 Å². The van der Waals surface area contributed by atoms with Crippen LogP contribution in [0, 0.1) is 6.92 Å². The Bertz CT molecular complexity index is 584. The molecule has 1 fully saturated rings. The second-order valence-electron chi connectivity index (χ2n) is 5.73. The Labute approximate surface area is 126 Å². The van der Waals surface area contributed by atoms with E-state index in [-0.39, 0.29) is 0 Å². The Hall–Kier alpha value is -1.94. The van der Waals surface area contributed by atoms with Gasteiger partial charge in [-0.3, -0.25) is 4.90 Å². The second kappa shape index (κ2) is 6.22. The molecule has 0 aliphatic carbocycles. The average Bonchev–Trinajstić information content (AvgIpc) is 2.82. The largest absolute Gasteiger partial charge is 0.366 e. The minimum atomic E-state index is 0.447. The van der Waals surface area contributed by atoms with Gasteiger partial charge in [0.2, 0.25) is 0 Å². The molecule has 0 amide bonds. The summed E-state index contributed by atoms with van der Waals surface area (Å²) in [4.78, 5) is 11.1. The van der Waals surface area contributed by atoms with Crippen molar-refractivity contribution in [2.75, 3.05) is 11.9 Å². The molecule has 2 heterocycles. The standard InChI is InChI=1S/C17H22N4/c1-13-16(20-17-8-10-18-14(2)19-17)9-11-21(13)12-15-6-4-3-5-7-15/h3-8,10,13,16H,9,11-12H2,1-2H3,(H,18,19,20). The highest BCUT2D eigenvalue weighted by atomic mass is 15.2. The molecular formula is C17H22N4. The van der Waals surface area contributed by atoms with Crippen molar-refractivity contribution in [1.29, 1.82) is 0 Å². The summed E-state index contributed by atoms with van der Waals surface area (Å²) in [5, 5.41) is 3.55. The van der Waals surface area contributed by atoms with E-state index in [0.717, 1.165) is 31.2 Å². The van der Waals surface area contributed by atoms with Crippen LogP contribution in [-0.2, 0) is 6.54 Å². The number of nitrogens with one attached hydrogen (secondary N) is 1. The zero-order valence-electron chi connectivity index (χ0n) is 12.7. The van der Waals surface area contributed by atoms with Gasteiger partial charge in [0.25, 0.3) is 0 Å². The van der Waals surface area contributed by atoms with Gasteiger partial charge in [0.05, 0.1) is 0 Å². The van der Waals surface area contributed by atoms with Crippen LogP contribution in [0.3, 0.4) is 0 Å². The molecule has 2 unspecified atom stereocenters. The second-order valence-corrected chi connectivity index (χ2v) is 5.73. The zero-order chi connectivity index (χ0) is 14.7. The number of anilines is 1. The van der Waals surface area contributed by atoms with Gasteiger partial charge in [-0.25, -0.2) is 9.97 Å². The zero-order valence-corrected chi connectivity index (χ0v) is 12.7. The third-order valence-corrected chi connectivity index (χ3v) is 4.22. The van der Waals surface area contributed by atoms with Crippen LogP contribution in [0.25, 0.3) is 0 Å². The maximum Gasteiger partial charge on any atom is 0.129 e. The van der Waals surface area contributed by atoms with Crippen molar-refractivity contribution in [3.63, 3.8) is 0 Å². The molecule has 0 saturated carbocycles. The fourth-order valence-corrected chi connectivity index (χ4v) is 2.96. The van der Waals surface area contributed by atoms with Gasteiger partial charge in [-0.15, -0.1) is 0 Å². The van der Waals surface area contributed by atoms with Crippen molar-refractivity contribution < 1.29 is 0 Å². The fraction of sp³-hybridized carbons (Fsp3) is 0.412. The minimum Gasteiger partial charge on any atom is -0.366 e. The third-order valence-electron chi connectivity index (χ3n) is 4.22. The molecule has 1 aliphatic heterocycles. The summed E-state index contributed by atoms with van der Waals surface area (Å²) >= 11 is 0. The molecule has 1 aromatic heterocycles. The molecule has 0 bridgehead atoms. The molecule has 1 N–H and O–H groups in total. The number of aromatic nitrogens is 2. The van der Waals surface area contributed by atoms with Gasteiger partial charge in [0.1, 0.15) is 11.6 Å². The summed E-state index contributed by atoms with van der Waals surface area (Å²) in [6.45, 7) is 6.35. The lowest BCUT2D eigenvalue weighted by Gasteiger charge is -2.25. The van der Waals surface area contributed by atoms with Crippen molar-refractivity contribution in [1.82, 2.24) is 14.9 Å². The van der Waals surface area contributed by atoms with Crippen LogP contribution in [-0.4, -0.2) is 33.5 Å². The molecule has 4 nitrogen and oxygen atoms in total. The average molecular weight is 282 g/mol. The molecular weight excluding hydrogens is 260 g/mol. The van der Waals surface area contributed by atoms with Crippen LogP contribution < -0.4 is 5.32 Å². The van der Waals surface area contributed by atoms with E-state index in [9.17, 15) is 0 Å². The Balaban J connectivity index is 1.62. The fourth-order valence-electron chi connectivity index (χ4n) is 2.96. The maximum absolute atomic E-state index is 4.44. The van der Waals surface area contributed by atoms with Crippen molar-refractivity contribution >= 4 is 5.82 Å². The first-order chi connectivity index (χ1) is 10.2. The number of nitrogens with zero attached hydrogens (tertiary/aromatic N) is 3. The van der Waals surface area contributed by atoms with Crippen molar-refractivity contribution in [2.45, 2.75) is 38.9 Å². The third kappa shape index (κ3) is 3.39. The van der Waals surface area contributed by atoms with Crippen LogP contribution >= 0.6 is 0 Å². The quantitative estimate of drug-likeness (QED) is 0.936. The van der Waals surface area contributed by atoms with E-state index >= 15 is 0 Å².